The molecule has 0 saturated carbocycles. The summed E-state index contributed by atoms with van der Waals surface area (Å²) in [4.78, 5) is 30.1. The average Bonchev–Trinajstić information content (AvgIpc) is 2.64. The highest BCUT2D eigenvalue weighted by Crippen LogP contribution is 2.08. The summed E-state index contributed by atoms with van der Waals surface area (Å²) in [5, 5.41) is 17.1. The molecular formula is C11H8O6. The fraction of sp³-hybridized carbons (Fsp3) is 0. The Balaban J connectivity index is 0.000000181. The Labute approximate surface area is 95.8 Å². The van der Waals surface area contributed by atoms with Gasteiger partial charge in [-0.2, -0.15) is 0 Å². The molecule has 17 heavy (non-hydrogen) atoms. The van der Waals surface area contributed by atoms with Crippen molar-refractivity contribution in [1.82, 2.24) is 0 Å². The minimum absolute atomic E-state index is 0.0741. The third-order valence-electron chi connectivity index (χ3n) is 1.67. The molecule has 0 bridgehead atoms. The van der Waals surface area contributed by atoms with E-state index >= 15 is 0 Å². The van der Waals surface area contributed by atoms with Gasteiger partial charge in [-0.3, -0.25) is 0 Å². The van der Waals surface area contributed by atoms with Crippen molar-refractivity contribution in [2.24, 2.45) is 0 Å². The number of hydrogen-bond donors (Lipinski definition) is 2. The summed E-state index contributed by atoms with van der Waals surface area (Å²) in [6.45, 7) is 0. The Morgan fingerprint density at radius 3 is 1.76 bits per heavy atom. The van der Waals surface area contributed by atoms with Crippen LogP contribution in [0.1, 0.15) is 10.4 Å². The first-order valence-corrected chi connectivity index (χ1v) is 4.45. The van der Waals surface area contributed by atoms with Crippen LogP contribution in [0.5, 0.6) is 5.75 Å². The fourth-order valence-electron chi connectivity index (χ4n) is 0.907. The second kappa shape index (κ2) is 5.45. The SMILES string of the molecule is O=C(O)c1ccc(O)cc1.O=C1C=CC(=O)O1. The lowest BCUT2D eigenvalue weighted by Crippen LogP contribution is -1.96. The minimum Gasteiger partial charge on any atom is -0.508 e. The number of carbonyl (C=O) groups is 3. The van der Waals surface area contributed by atoms with E-state index in [2.05, 4.69) is 4.74 Å². The number of cyclic esters (lactones) is 2. The number of carbonyl (C=O) groups excluding carboxylic acids is 2. The predicted molar refractivity (Wildman–Crippen MR) is 55.3 cm³/mol. The molecule has 2 rings (SSSR count). The molecular weight excluding hydrogens is 228 g/mol. The lowest BCUT2D eigenvalue weighted by Gasteiger charge is -1.92. The average molecular weight is 236 g/mol. The minimum atomic E-state index is -0.986. The summed E-state index contributed by atoms with van der Waals surface area (Å²) >= 11 is 0. The van der Waals surface area contributed by atoms with Gasteiger partial charge in [-0.1, -0.05) is 0 Å². The molecule has 0 radical (unpaired) electrons. The monoisotopic (exact) mass is 236 g/mol. The molecule has 0 aromatic heterocycles. The molecule has 1 heterocycles. The summed E-state index contributed by atoms with van der Waals surface area (Å²) in [5.41, 5.74) is 0.179. The van der Waals surface area contributed by atoms with Crippen molar-refractivity contribution in [3.63, 3.8) is 0 Å². The third kappa shape index (κ3) is 4.17. The highest BCUT2D eigenvalue weighted by molar-refractivity contribution is 6.04. The number of phenolic OH excluding ortho intramolecular Hbond substituents is 1. The lowest BCUT2D eigenvalue weighted by atomic mass is 10.2. The number of phenols is 1. The van der Waals surface area contributed by atoms with Gasteiger partial charge < -0.3 is 14.9 Å². The van der Waals surface area contributed by atoms with E-state index < -0.39 is 17.9 Å². The maximum Gasteiger partial charge on any atom is 0.338 e. The molecule has 0 saturated heterocycles. The number of esters is 2. The van der Waals surface area contributed by atoms with Gasteiger partial charge in [0.1, 0.15) is 5.75 Å². The largest absolute Gasteiger partial charge is 0.508 e. The number of hydrogen-bond acceptors (Lipinski definition) is 5. The molecule has 0 aliphatic carbocycles. The van der Waals surface area contributed by atoms with Crippen molar-refractivity contribution in [2.45, 2.75) is 0 Å². The quantitative estimate of drug-likeness (QED) is 0.550. The van der Waals surface area contributed by atoms with Crippen LogP contribution < -0.4 is 0 Å². The Hall–Kier alpha value is -2.63. The van der Waals surface area contributed by atoms with Crippen molar-refractivity contribution in [1.29, 1.82) is 0 Å². The number of aromatic carboxylic acids is 1. The van der Waals surface area contributed by atoms with E-state index in [1.54, 1.807) is 0 Å². The summed E-state index contributed by atoms with van der Waals surface area (Å²) in [7, 11) is 0. The summed E-state index contributed by atoms with van der Waals surface area (Å²) in [5.74, 6) is -2.07. The fourth-order valence-corrected chi connectivity index (χ4v) is 0.907. The van der Waals surface area contributed by atoms with Crippen LogP contribution in [-0.2, 0) is 14.3 Å². The maximum atomic E-state index is 10.2. The Morgan fingerprint density at radius 2 is 1.47 bits per heavy atom. The molecule has 2 N–H and O–H groups in total. The van der Waals surface area contributed by atoms with Gasteiger partial charge in [0.2, 0.25) is 0 Å². The van der Waals surface area contributed by atoms with Gasteiger partial charge in [-0.15, -0.1) is 0 Å². The van der Waals surface area contributed by atoms with Gasteiger partial charge in [-0.05, 0) is 24.3 Å². The van der Waals surface area contributed by atoms with Crippen LogP contribution in [0.4, 0.5) is 0 Å². The van der Waals surface area contributed by atoms with Crippen LogP contribution in [0, 0.1) is 0 Å². The first kappa shape index (κ1) is 12.4. The lowest BCUT2D eigenvalue weighted by molar-refractivity contribution is -0.150. The second-order valence-corrected chi connectivity index (χ2v) is 2.93. The molecule has 1 aliphatic rings. The summed E-state index contributed by atoms with van der Waals surface area (Å²) in [6, 6.07) is 5.36. The van der Waals surface area contributed by atoms with Gasteiger partial charge in [0.25, 0.3) is 0 Å². The van der Waals surface area contributed by atoms with Crippen molar-refractivity contribution in [2.75, 3.05) is 0 Å². The standard InChI is InChI=1S/C7H6O3.C4H2O3/c8-6-3-1-5(2-4-6)7(9)10;5-3-1-2-4(6)7-3/h1-4,8H,(H,9,10);1-2H. The Kier molecular flexibility index (Phi) is 3.99. The molecule has 0 fully saturated rings. The van der Waals surface area contributed by atoms with E-state index in [4.69, 9.17) is 10.2 Å². The van der Waals surface area contributed by atoms with Crippen molar-refractivity contribution < 1.29 is 29.3 Å². The third-order valence-corrected chi connectivity index (χ3v) is 1.67. The van der Waals surface area contributed by atoms with Crippen molar-refractivity contribution in [3.8, 4) is 5.75 Å². The molecule has 6 heteroatoms. The predicted octanol–water partition coefficient (Wildman–Crippen LogP) is 0.716. The molecule has 88 valence electrons. The zero-order valence-electron chi connectivity index (χ0n) is 8.49. The van der Waals surface area contributed by atoms with E-state index in [-0.39, 0.29) is 11.3 Å². The van der Waals surface area contributed by atoms with Crippen LogP contribution in [-0.4, -0.2) is 28.1 Å². The van der Waals surface area contributed by atoms with Gasteiger partial charge in [0, 0.05) is 12.2 Å². The molecule has 0 spiro atoms. The smallest absolute Gasteiger partial charge is 0.338 e. The Morgan fingerprint density at radius 1 is 1.00 bits per heavy atom. The van der Waals surface area contributed by atoms with Gasteiger partial charge in [0.05, 0.1) is 5.56 Å². The highest BCUT2D eigenvalue weighted by Gasteiger charge is 2.10. The Bertz CT molecular complexity index is 455. The van der Waals surface area contributed by atoms with Crippen LogP contribution in [0.15, 0.2) is 36.4 Å². The van der Waals surface area contributed by atoms with Gasteiger partial charge in [0.15, 0.2) is 0 Å². The van der Waals surface area contributed by atoms with E-state index in [0.29, 0.717) is 0 Å². The van der Waals surface area contributed by atoms with Gasteiger partial charge >= 0.3 is 17.9 Å². The van der Waals surface area contributed by atoms with Crippen molar-refractivity contribution in [3.05, 3.63) is 42.0 Å². The highest BCUT2D eigenvalue weighted by atomic mass is 16.6. The first-order chi connectivity index (χ1) is 7.99. The molecule has 1 aromatic rings. The number of carboxylic acid groups (broad SMARTS) is 1. The van der Waals surface area contributed by atoms with Crippen LogP contribution in [0.25, 0.3) is 0 Å². The molecule has 1 aliphatic heterocycles. The molecule has 0 amide bonds. The molecule has 1 aromatic carbocycles. The van der Waals surface area contributed by atoms with E-state index in [1.807, 2.05) is 0 Å². The van der Waals surface area contributed by atoms with E-state index in [1.165, 1.54) is 24.3 Å². The van der Waals surface area contributed by atoms with Crippen LogP contribution >= 0.6 is 0 Å². The molecule has 6 nitrogen and oxygen atoms in total. The topological polar surface area (TPSA) is 101 Å². The van der Waals surface area contributed by atoms with E-state index in [0.717, 1.165) is 12.2 Å². The normalized spacial score (nSPS) is 12.7. The summed E-state index contributed by atoms with van der Waals surface area (Å²) < 4.78 is 3.97. The first-order valence-electron chi connectivity index (χ1n) is 4.45. The molecule has 0 atom stereocenters. The number of aromatic hydroxyl groups is 1. The van der Waals surface area contributed by atoms with Crippen LogP contribution in [0.2, 0.25) is 0 Å². The number of rotatable bonds is 1. The summed E-state index contributed by atoms with van der Waals surface area (Å²) in [6.07, 6.45) is 2.17. The van der Waals surface area contributed by atoms with Gasteiger partial charge in [-0.25, -0.2) is 14.4 Å². The van der Waals surface area contributed by atoms with E-state index in [9.17, 15) is 14.4 Å². The zero-order chi connectivity index (χ0) is 12.8. The molecule has 0 unspecified atom stereocenters. The van der Waals surface area contributed by atoms with Crippen molar-refractivity contribution >= 4 is 17.9 Å². The number of benzene rings is 1. The second-order valence-electron chi connectivity index (χ2n) is 2.93. The number of ether oxygens (including phenoxy) is 1. The zero-order valence-corrected chi connectivity index (χ0v) is 8.49. The van der Waals surface area contributed by atoms with Crippen LogP contribution in [0.3, 0.4) is 0 Å². The number of carboxylic acids is 1. The maximum absolute atomic E-state index is 10.2.